The van der Waals surface area contributed by atoms with E-state index < -0.39 is 0 Å². The van der Waals surface area contributed by atoms with Crippen LogP contribution in [0.15, 0.2) is 72.8 Å². The van der Waals surface area contributed by atoms with Gasteiger partial charge in [0.05, 0.1) is 17.6 Å². The predicted molar refractivity (Wildman–Crippen MR) is 141 cm³/mol. The lowest BCUT2D eigenvalue weighted by Gasteiger charge is -2.18. The molecular formula is C30H33N3O2. The minimum Gasteiger partial charge on any atom is -0.494 e. The SMILES string of the molecule is Cc1cccc(OCCCCCn2c([C@H]3CC(=O)N(c4cccc(C)c4)C3)nc3ccccc32)c1. The molecular weight excluding hydrogens is 434 g/mol. The van der Waals surface area contributed by atoms with Crippen LogP contribution in [-0.4, -0.2) is 28.6 Å². The van der Waals surface area contributed by atoms with Gasteiger partial charge < -0.3 is 14.2 Å². The van der Waals surface area contributed by atoms with Gasteiger partial charge in [-0.2, -0.15) is 0 Å². The Morgan fingerprint density at radius 1 is 0.914 bits per heavy atom. The molecule has 5 heteroatoms. The molecule has 2 heterocycles. The van der Waals surface area contributed by atoms with Crippen LogP contribution in [0.1, 0.15) is 48.6 Å². The van der Waals surface area contributed by atoms with Gasteiger partial charge >= 0.3 is 0 Å². The molecule has 5 rings (SSSR count). The van der Waals surface area contributed by atoms with Crippen molar-refractivity contribution in [3.8, 4) is 5.75 Å². The minimum absolute atomic E-state index is 0.0973. The lowest BCUT2D eigenvalue weighted by Crippen LogP contribution is -2.24. The third kappa shape index (κ3) is 5.24. The Hall–Kier alpha value is -3.60. The summed E-state index contributed by atoms with van der Waals surface area (Å²) in [7, 11) is 0. The van der Waals surface area contributed by atoms with Gasteiger partial charge in [-0.25, -0.2) is 4.98 Å². The monoisotopic (exact) mass is 467 g/mol. The first-order valence-electron chi connectivity index (χ1n) is 12.6. The number of benzene rings is 3. The van der Waals surface area contributed by atoms with E-state index >= 15 is 0 Å². The average Bonchev–Trinajstić information content (AvgIpc) is 3.42. The van der Waals surface area contributed by atoms with E-state index in [-0.39, 0.29) is 11.8 Å². The number of hydrogen-bond acceptors (Lipinski definition) is 3. The van der Waals surface area contributed by atoms with E-state index in [9.17, 15) is 4.79 Å². The summed E-state index contributed by atoms with van der Waals surface area (Å²) >= 11 is 0. The molecule has 0 radical (unpaired) electrons. The molecule has 3 aromatic carbocycles. The van der Waals surface area contributed by atoms with Crippen molar-refractivity contribution < 1.29 is 9.53 Å². The molecule has 35 heavy (non-hydrogen) atoms. The highest BCUT2D eigenvalue weighted by Gasteiger charge is 2.34. The Bertz CT molecular complexity index is 1330. The molecule has 0 bridgehead atoms. The molecule has 1 fully saturated rings. The van der Waals surface area contributed by atoms with Crippen LogP contribution < -0.4 is 9.64 Å². The van der Waals surface area contributed by atoms with Gasteiger partial charge in [-0.05, 0) is 80.6 Å². The van der Waals surface area contributed by atoms with Gasteiger partial charge in [-0.1, -0.05) is 36.4 Å². The number of carbonyl (C=O) groups excluding carboxylic acids is 1. The van der Waals surface area contributed by atoms with Crippen molar-refractivity contribution in [2.24, 2.45) is 0 Å². The zero-order valence-corrected chi connectivity index (χ0v) is 20.6. The molecule has 1 aliphatic heterocycles. The highest BCUT2D eigenvalue weighted by Crippen LogP contribution is 2.33. The van der Waals surface area contributed by atoms with Gasteiger partial charge in [0.25, 0.3) is 0 Å². The summed E-state index contributed by atoms with van der Waals surface area (Å²) < 4.78 is 8.25. The summed E-state index contributed by atoms with van der Waals surface area (Å²) in [6.07, 6.45) is 3.64. The normalized spacial score (nSPS) is 15.8. The maximum Gasteiger partial charge on any atom is 0.227 e. The van der Waals surface area contributed by atoms with Crippen molar-refractivity contribution in [1.29, 1.82) is 0 Å². The van der Waals surface area contributed by atoms with Crippen molar-refractivity contribution in [2.75, 3.05) is 18.1 Å². The van der Waals surface area contributed by atoms with Crippen molar-refractivity contribution in [2.45, 2.75) is 52.0 Å². The Morgan fingerprint density at radius 3 is 2.54 bits per heavy atom. The lowest BCUT2D eigenvalue weighted by atomic mass is 10.1. The molecule has 0 aliphatic carbocycles. The second kappa shape index (κ2) is 10.3. The van der Waals surface area contributed by atoms with Crippen LogP contribution in [0, 0.1) is 13.8 Å². The molecule has 1 aromatic heterocycles. The molecule has 0 N–H and O–H groups in total. The zero-order chi connectivity index (χ0) is 24.2. The third-order valence-electron chi connectivity index (χ3n) is 6.77. The third-order valence-corrected chi connectivity index (χ3v) is 6.77. The quantitative estimate of drug-likeness (QED) is 0.267. The standard InChI is InChI=1S/C30H33N3O2/c1-22-10-8-12-25(18-22)33-21-24(20-29(33)34)30-31-27-14-4-5-15-28(27)32(30)16-6-3-7-17-35-26-13-9-11-23(2)19-26/h4-5,8-15,18-19,24H,3,6-7,16-17,20-21H2,1-2H3/t24-/m0/s1. The number of nitrogens with zero attached hydrogens (tertiary/aromatic N) is 3. The van der Waals surface area contributed by atoms with E-state index in [0.29, 0.717) is 13.0 Å². The van der Waals surface area contributed by atoms with E-state index in [1.54, 1.807) is 0 Å². The van der Waals surface area contributed by atoms with E-state index in [0.717, 1.165) is 66.3 Å². The summed E-state index contributed by atoms with van der Waals surface area (Å²) in [5, 5.41) is 0. The highest BCUT2D eigenvalue weighted by atomic mass is 16.5. The van der Waals surface area contributed by atoms with Gasteiger partial charge in [0.2, 0.25) is 5.91 Å². The van der Waals surface area contributed by atoms with Gasteiger partial charge in [0, 0.05) is 31.1 Å². The topological polar surface area (TPSA) is 47.4 Å². The first-order chi connectivity index (χ1) is 17.1. The van der Waals surface area contributed by atoms with E-state index in [4.69, 9.17) is 9.72 Å². The zero-order valence-electron chi connectivity index (χ0n) is 20.6. The van der Waals surface area contributed by atoms with Gasteiger partial charge in [-0.15, -0.1) is 0 Å². The number of imidazole rings is 1. The van der Waals surface area contributed by atoms with Crippen LogP contribution in [-0.2, 0) is 11.3 Å². The van der Waals surface area contributed by atoms with Crippen molar-refractivity contribution in [3.05, 3.63) is 89.7 Å². The number of rotatable bonds is 9. The fourth-order valence-electron chi connectivity index (χ4n) is 5.01. The lowest BCUT2D eigenvalue weighted by molar-refractivity contribution is -0.117. The van der Waals surface area contributed by atoms with E-state index in [2.05, 4.69) is 60.9 Å². The number of para-hydroxylation sites is 2. The van der Waals surface area contributed by atoms with Gasteiger partial charge in [-0.3, -0.25) is 4.79 Å². The molecule has 1 amide bonds. The number of hydrogen-bond donors (Lipinski definition) is 0. The van der Waals surface area contributed by atoms with Crippen molar-refractivity contribution in [3.63, 3.8) is 0 Å². The fourth-order valence-corrected chi connectivity index (χ4v) is 5.01. The molecule has 180 valence electrons. The summed E-state index contributed by atoms with van der Waals surface area (Å²) in [6, 6.07) is 24.7. The van der Waals surface area contributed by atoms with E-state index in [1.165, 1.54) is 5.56 Å². The van der Waals surface area contributed by atoms with Crippen LogP contribution in [0.2, 0.25) is 0 Å². The Labute approximate surface area is 207 Å². The smallest absolute Gasteiger partial charge is 0.227 e. The highest BCUT2D eigenvalue weighted by molar-refractivity contribution is 5.96. The fraction of sp³-hybridized carbons (Fsp3) is 0.333. The Morgan fingerprint density at radius 2 is 1.71 bits per heavy atom. The van der Waals surface area contributed by atoms with Gasteiger partial charge in [0.1, 0.15) is 11.6 Å². The second-order valence-corrected chi connectivity index (χ2v) is 9.58. The van der Waals surface area contributed by atoms with Crippen molar-refractivity contribution in [1.82, 2.24) is 9.55 Å². The summed E-state index contributed by atoms with van der Waals surface area (Å²) in [4.78, 5) is 19.9. The number of anilines is 1. The van der Waals surface area contributed by atoms with Crippen LogP contribution in [0.4, 0.5) is 5.69 Å². The number of ether oxygens (including phenoxy) is 1. The number of fused-ring (bicyclic) bond motifs is 1. The first kappa shape index (κ1) is 23.2. The number of aromatic nitrogens is 2. The number of carbonyl (C=O) groups is 1. The summed E-state index contributed by atoms with van der Waals surface area (Å²) in [6.45, 7) is 6.44. The largest absolute Gasteiger partial charge is 0.494 e. The molecule has 4 aromatic rings. The number of aryl methyl sites for hydroxylation is 3. The molecule has 0 saturated carbocycles. The molecule has 1 atom stereocenters. The second-order valence-electron chi connectivity index (χ2n) is 9.58. The Balaban J connectivity index is 1.25. The van der Waals surface area contributed by atoms with Crippen LogP contribution in [0.5, 0.6) is 5.75 Å². The number of unbranched alkanes of at least 4 members (excludes halogenated alkanes) is 2. The molecule has 0 unspecified atom stereocenters. The molecule has 1 saturated heterocycles. The first-order valence-corrected chi connectivity index (χ1v) is 12.6. The molecule has 1 aliphatic rings. The van der Waals surface area contributed by atoms with E-state index in [1.807, 2.05) is 35.2 Å². The maximum absolute atomic E-state index is 12.9. The van der Waals surface area contributed by atoms with Crippen LogP contribution in [0.25, 0.3) is 11.0 Å². The number of amides is 1. The van der Waals surface area contributed by atoms with Crippen LogP contribution in [0.3, 0.4) is 0 Å². The van der Waals surface area contributed by atoms with Gasteiger partial charge in [0.15, 0.2) is 0 Å². The minimum atomic E-state index is 0.0973. The average molecular weight is 468 g/mol. The summed E-state index contributed by atoms with van der Waals surface area (Å²) in [5.41, 5.74) is 5.52. The van der Waals surface area contributed by atoms with Crippen molar-refractivity contribution >= 4 is 22.6 Å². The predicted octanol–water partition coefficient (Wildman–Crippen LogP) is 6.42. The Kier molecular flexibility index (Phi) is 6.84. The molecule has 5 nitrogen and oxygen atoms in total. The maximum atomic E-state index is 12.9. The molecule has 0 spiro atoms. The summed E-state index contributed by atoms with van der Waals surface area (Å²) in [5.74, 6) is 2.25. The van der Waals surface area contributed by atoms with Crippen LogP contribution >= 0.6 is 0 Å².